The molecule has 5 rings (SSSR count). The number of rotatable bonds is 3. The van der Waals surface area contributed by atoms with E-state index < -0.39 is 11.2 Å². The second kappa shape index (κ2) is 6.49. The van der Waals surface area contributed by atoms with Gasteiger partial charge in [0.1, 0.15) is 17.2 Å². The SMILES string of the molecule is O=[N+]([O-])c1cccc([C@H]2Oc3ccc(Br)cc3[C@@H]3CC(c4ccco4)=NN23)c1. The van der Waals surface area contributed by atoms with E-state index >= 15 is 0 Å². The van der Waals surface area contributed by atoms with Crippen molar-refractivity contribution in [2.24, 2.45) is 5.10 Å². The maximum absolute atomic E-state index is 11.2. The molecule has 140 valence electrons. The molecule has 7 nitrogen and oxygen atoms in total. The van der Waals surface area contributed by atoms with Crippen molar-refractivity contribution in [1.82, 2.24) is 5.01 Å². The molecule has 1 aromatic heterocycles. The number of non-ortho nitro benzene ring substituents is 1. The molecule has 0 amide bonds. The first-order valence-electron chi connectivity index (χ1n) is 8.70. The minimum atomic E-state index is -0.564. The molecule has 2 aliphatic rings. The Kier molecular flexibility index (Phi) is 3.94. The van der Waals surface area contributed by atoms with Crippen LogP contribution in [-0.4, -0.2) is 15.6 Å². The van der Waals surface area contributed by atoms with Crippen LogP contribution in [0.5, 0.6) is 5.75 Å². The Labute approximate surface area is 168 Å². The highest BCUT2D eigenvalue weighted by molar-refractivity contribution is 9.10. The molecule has 0 fully saturated rings. The Morgan fingerprint density at radius 1 is 1.18 bits per heavy atom. The molecule has 0 spiro atoms. The van der Waals surface area contributed by atoms with Crippen molar-refractivity contribution in [3.63, 3.8) is 0 Å². The fourth-order valence-corrected chi connectivity index (χ4v) is 4.04. The molecule has 0 unspecified atom stereocenters. The Bertz CT molecular complexity index is 1100. The molecule has 0 radical (unpaired) electrons. The van der Waals surface area contributed by atoms with E-state index in [-0.39, 0.29) is 11.7 Å². The number of ether oxygens (including phenoxy) is 1. The molecular formula is C20H14BrN3O4. The molecule has 3 aromatic rings. The summed E-state index contributed by atoms with van der Waals surface area (Å²) in [6, 6.07) is 16.0. The molecule has 8 heteroatoms. The number of halogens is 1. The number of benzene rings is 2. The summed E-state index contributed by atoms with van der Waals surface area (Å²) >= 11 is 3.52. The van der Waals surface area contributed by atoms with E-state index in [0.29, 0.717) is 17.7 Å². The molecular weight excluding hydrogens is 426 g/mol. The zero-order valence-corrected chi connectivity index (χ0v) is 16.1. The lowest BCUT2D eigenvalue weighted by atomic mass is 9.97. The molecule has 0 saturated carbocycles. The highest BCUT2D eigenvalue weighted by atomic mass is 79.9. The summed E-state index contributed by atoms with van der Waals surface area (Å²) in [6.07, 6.45) is 1.71. The number of nitrogens with zero attached hydrogens (tertiary/aromatic N) is 3. The minimum absolute atomic E-state index is 0.0219. The van der Waals surface area contributed by atoms with Crippen molar-refractivity contribution in [2.45, 2.75) is 18.7 Å². The summed E-state index contributed by atoms with van der Waals surface area (Å²) in [4.78, 5) is 10.8. The van der Waals surface area contributed by atoms with Gasteiger partial charge in [-0.3, -0.25) is 10.1 Å². The average molecular weight is 440 g/mol. The van der Waals surface area contributed by atoms with Gasteiger partial charge >= 0.3 is 0 Å². The van der Waals surface area contributed by atoms with E-state index in [1.807, 2.05) is 41.4 Å². The number of nitro groups is 1. The average Bonchev–Trinajstić information content (AvgIpc) is 3.37. The first-order chi connectivity index (χ1) is 13.6. The van der Waals surface area contributed by atoms with Crippen LogP contribution in [0.3, 0.4) is 0 Å². The smallest absolute Gasteiger partial charge is 0.269 e. The van der Waals surface area contributed by atoms with Crippen molar-refractivity contribution in [3.05, 3.63) is 92.3 Å². The van der Waals surface area contributed by atoms with Crippen LogP contribution < -0.4 is 4.74 Å². The van der Waals surface area contributed by atoms with Gasteiger partial charge in [-0.15, -0.1) is 0 Å². The predicted octanol–water partition coefficient (Wildman–Crippen LogP) is 5.19. The second-order valence-corrected chi connectivity index (χ2v) is 7.54. The molecule has 0 saturated heterocycles. The Morgan fingerprint density at radius 2 is 2.07 bits per heavy atom. The Balaban J connectivity index is 1.62. The van der Waals surface area contributed by atoms with Crippen LogP contribution in [0.4, 0.5) is 5.69 Å². The molecule has 0 bridgehead atoms. The summed E-state index contributed by atoms with van der Waals surface area (Å²) in [5, 5.41) is 17.8. The van der Waals surface area contributed by atoms with E-state index in [1.54, 1.807) is 12.3 Å². The number of hydrazone groups is 1. The first-order valence-corrected chi connectivity index (χ1v) is 9.49. The second-order valence-electron chi connectivity index (χ2n) is 6.63. The van der Waals surface area contributed by atoms with Crippen LogP contribution in [0.1, 0.15) is 35.6 Å². The van der Waals surface area contributed by atoms with Gasteiger partial charge < -0.3 is 9.15 Å². The fraction of sp³-hybridized carbons (Fsp3) is 0.150. The zero-order valence-electron chi connectivity index (χ0n) is 14.5. The standard InChI is InChI=1S/C20H14BrN3O4/c21-13-6-7-18-15(10-13)17-11-16(19-5-2-8-27-19)22-23(17)20(28-18)12-3-1-4-14(9-12)24(25)26/h1-10,17,20H,11H2/t17-,20+/m0/s1. The van der Waals surface area contributed by atoms with Crippen molar-refractivity contribution < 1.29 is 14.1 Å². The summed E-state index contributed by atoms with van der Waals surface area (Å²) < 4.78 is 12.7. The van der Waals surface area contributed by atoms with Gasteiger partial charge in [-0.05, 0) is 30.3 Å². The molecule has 0 N–H and O–H groups in total. The molecule has 2 aromatic carbocycles. The van der Waals surface area contributed by atoms with E-state index in [2.05, 4.69) is 15.9 Å². The van der Waals surface area contributed by atoms with Gasteiger partial charge in [0.15, 0.2) is 0 Å². The molecule has 28 heavy (non-hydrogen) atoms. The highest BCUT2D eigenvalue weighted by Crippen LogP contribution is 2.48. The van der Waals surface area contributed by atoms with Crippen LogP contribution >= 0.6 is 15.9 Å². The Morgan fingerprint density at radius 3 is 2.86 bits per heavy atom. The first kappa shape index (κ1) is 17.0. The van der Waals surface area contributed by atoms with Crippen LogP contribution in [0.2, 0.25) is 0 Å². The predicted molar refractivity (Wildman–Crippen MR) is 105 cm³/mol. The molecule has 2 aliphatic heterocycles. The minimum Gasteiger partial charge on any atom is -0.464 e. The molecule has 2 atom stereocenters. The van der Waals surface area contributed by atoms with Gasteiger partial charge in [0.2, 0.25) is 6.23 Å². The van der Waals surface area contributed by atoms with Gasteiger partial charge in [-0.2, -0.15) is 5.10 Å². The van der Waals surface area contributed by atoms with Crippen molar-refractivity contribution in [1.29, 1.82) is 0 Å². The highest BCUT2D eigenvalue weighted by Gasteiger charge is 2.41. The summed E-state index contributed by atoms with van der Waals surface area (Å²) in [5.41, 5.74) is 2.54. The number of nitro benzene ring substituents is 1. The van der Waals surface area contributed by atoms with E-state index in [4.69, 9.17) is 14.3 Å². The largest absolute Gasteiger partial charge is 0.464 e. The summed E-state index contributed by atoms with van der Waals surface area (Å²) in [7, 11) is 0. The van der Waals surface area contributed by atoms with Crippen LogP contribution in [0.15, 0.2) is 74.9 Å². The maximum atomic E-state index is 11.2. The molecule has 3 heterocycles. The van der Waals surface area contributed by atoms with Gasteiger partial charge in [0.05, 0.1) is 17.2 Å². The van der Waals surface area contributed by atoms with Crippen LogP contribution in [0.25, 0.3) is 0 Å². The summed E-state index contributed by atoms with van der Waals surface area (Å²) in [5.74, 6) is 1.46. The van der Waals surface area contributed by atoms with Crippen LogP contribution in [0, 0.1) is 10.1 Å². The normalized spacial score (nSPS) is 20.2. The lowest BCUT2D eigenvalue weighted by molar-refractivity contribution is -0.385. The number of fused-ring (bicyclic) bond motifs is 3. The third-order valence-corrected chi connectivity index (χ3v) is 5.42. The topological polar surface area (TPSA) is 81.1 Å². The maximum Gasteiger partial charge on any atom is 0.269 e. The van der Waals surface area contributed by atoms with Gasteiger partial charge in [0, 0.05) is 34.2 Å². The lowest BCUT2D eigenvalue weighted by Gasteiger charge is -2.38. The van der Waals surface area contributed by atoms with Crippen molar-refractivity contribution in [3.8, 4) is 5.75 Å². The quantitative estimate of drug-likeness (QED) is 0.414. The van der Waals surface area contributed by atoms with Gasteiger partial charge in [-0.1, -0.05) is 28.1 Å². The number of hydrogen-bond acceptors (Lipinski definition) is 6. The fourth-order valence-electron chi connectivity index (χ4n) is 3.66. The van der Waals surface area contributed by atoms with Gasteiger partial charge in [0.25, 0.3) is 5.69 Å². The molecule has 0 aliphatic carbocycles. The van der Waals surface area contributed by atoms with E-state index in [0.717, 1.165) is 21.5 Å². The third-order valence-electron chi connectivity index (χ3n) is 4.92. The monoisotopic (exact) mass is 439 g/mol. The number of furan rings is 1. The van der Waals surface area contributed by atoms with E-state index in [1.165, 1.54) is 12.1 Å². The number of hydrogen-bond donors (Lipinski definition) is 0. The Hall–Kier alpha value is -3.13. The van der Waals surface area contributed by atoms with E-state index in [9.17, 15) is 10.1 Å². The van der Waals surface area contributed by atoms with Crippen LogP contribution in [-0.2, 0) is 0 Å². The van der Waals surface area contributed by atoms with Gasteiger partial charge in [-0.25, -0.2) is 5.01 Å². The van der Waals surface area contributed by atoms with Crippen molar-refractivity contribution >= 4 is 27.3 Å². The summed E-state index contributed by atoms with van der Waals surface area (Å²) in [6.45, 7) is 0. The zero-order chi connectivity index (χ0) is 19.3. The lowest BCUT2D eigenvalue weighted by Crippen LogP contribution is -2.33. The van der Waals surface area contributed by atoms with Crippen molar-refractivity contribution in [2.75, 3.05) is 0 Å². The third kappa shape index (κ3) is 2.77.